The van der Waals surface area contributed by atoms with E-state index in [1.54, 1.807) is 12.1 Å². The second kappa shape index (κ2) is 4.17. The number of H-pyrrole nitrogens is 1. The predicted molar refractivity (Wildman–Crippen MR) is 74.7 cm³/mol. The van der Waals surface area contributed by atoms with E-state index < -0.39 is 5.97 Å². The van der Waals surface area contributed by atoms with Gasteiger partial charge in [0.05, 0.1) is 11.4 Å². The lowest BCUT2D eigenvalue weighted by Gasteiger charge is -2.02. The molecule has 3 aromatic rings. The minimum Gasteiger partial charge on any atom is -0.477 e. The lowest BCUT2D eigenvalue weighted by molar-refractivity contribution is 0.0691. The molecule has 2 aromatic heterocycles. The van der Waals surface area contributed by atoms with Gasteiger partial charge in [0.15, 0.2) is 0 Å². The smallest absolute Gasteiger partial charge is 0.352 e. The monoisotopic (exact) mass is 274 g/mol. The van der Waals surface area contributed by atoms with Crippen LogP contribution >= 0.6 is 11.6 Å². The lowest BCUT2D eigenvalue weighted by Crippen LogP contribution is -1.96. The van der Waals surface area contributed by atoms with E-state index in [1.807, 2.05) is 35.9 Å². The summed E-state index contributed by atoms with van der Waals surface area (Å²) in [6, 6.07) is 11.0. The Labute approximate surface area is 114 Å². The van der Waals surface area contributed by atoms with Crippen LogP contribution in [0.4, 0.5) is 0 Å². The average Bonchev–Trinajstić information content (AvgIpc) is 2.96. The molecule has 0 atom stereocenters. The highest BCUT2D eigenvalue weighted by Gasteiger charge is 2.13. The van der Waals surface area contributed by atoms with E-state index in [0.29, 0.717) is 5.02 Å². The summed E-state index contributed by atoms with van der Waals surface area (Å²) in [5, 5.41) is 10.6. The van der Waals surface area contributed by atoms with Crippen LogP contribution in [0.3, 0.4) is 0 Å². The van der Waals surface area contributed by atoms with Crippen molar-refractivity contribution in [2.45, 2.75) is 0 Å². The summed E-state index contributed by atoms with van der Waals surface area (Å²) in [5.41, 5.74) is 2.84. The predicted octanol–water partition coefficient (Wildman–Crippen LogP) is 3.53. The van der Waals surface area contributed by atoms with Crippen molar-refractivity contribution >= 4 is 28.5 Å². The number of hydrogen-bond acceptors (Lipinski definition) is 1. The van der Waals surface area contributed by atoms with Crippen molar-refractivity contribution < 1.29 is 9.90 Å². The fourth-order valence-electron chi connectivity index (χ4n) is 2.25. The summed E-state index contributed by atoms with van der Waals surface area (Å²) < 4.78 is 1.98. The van der Waals surface area contributed by atoms with Crippen LogP contribution in [-0.4, -0.2) is 20.6 Å². The summed E-state index contributed by atoms with van der Waals surface area (Å²) in [4.78, 5) is 13.8. The van der Waals surface area contributed by atoms with Crippen molar-refractivity contribution in [1.82, 2.24) is 9.55 Å². The minimum atomic E-state index is -0.969. The number of carbonyl (C=O) groups is 1. The third-order valence-corrected chi connectivity index (χ3v) is 3.56. The Kier molecular flexibility index (Phi) is 2.61. The Morgan fingerprint density at radius 3 is 2.74 bits per heavy atom. The maximum atomic E-state index is 10.9. The second-order valence-corrected chi connectivity index (χ2v) is 4.76. The first-order chi connectivity index (χ1) is 9.08. The minimum absolute atomic E-state index is 0.173. The van der Waals surface area contributed by atoms with E-state index in [4.69, 9.17) is 16.7 Å². The molecule has 0 bridgehead atoms. The SMILES string of the molecule is Cn1c(-c2ccc(C(=O)O)[nH]2)cc2c(Cl)cccc21. The van der Waals surface area contributed by atoms with Gasteiger partial charge in [0, 0.05) is 23.0 Å². The number of aryl methyl sites for hydroxylation is 1. The molecule has 0 spiro atoms. The molecule has 0 saturated heterocycles. The number of carboxylic acids is 1. The summed E-state index contributed by atoms with van der Waals surface area (Å²) in [5.74, 6) is -0.969. The largest absolute Gasteiger partial charge is 0.477 e. The molecular weight excluding hydrogens is 264 g/mol. The second-order valence-electron chi connectivity index (χ2n) is 4.35. The Bertz CT molecular complexity index is 786. The zero-order valence-electron chi connectivity index (χ0n) is 10.1. The van der Waals surface area contributed by atoms with Crippen LogP contribution in [0.2, 0.25) is 5.02 Å². The summed E-state index contributed by atoms with van der Waals surface area (Å²) in [7, 11) is 1.93. The molecule has 1 aromatic carbocycles. The first-order valence-electron chi connectivity index (χ1n) is 5.74. The van der Waals surface area contributed by atoms with Crippen LogP contribution in [0.15, 0.2) is 36.4 Å². The number of halogens is 1. The summed E-state index contributed by atoms with van der Waals surface area (Å²) in [6.07, 6.45) is 0. The Hall–Kier alpha value is -2.20. The van der Waals surface area contributed by atoms with Gasteiger partial charge < -0.3 is 14.7 Å². The third kappa shape index (κ3) is 1.81. The maximum absolute atomic E-state index is 10.9. The molecule has 0 saturated carbocycles. The molecule has 0 aliphatic heterocycles. The van der Waals surface area contributed by atoms with Crippen LogP contribution in [0.5, 0.6) is 0 Å². The molecule has 96 valence electrons. The summed E-state index contributed by atoms with van der Waals surface area (Å²) >= 11 is 6.17. The normalized spacial score (nSPS) is 11.1. The zero-order valence-corrected chi connectivity index (χ0v) is 10.9. The van der Waals surface area contributed by atoms with Crippen LogP contribution in [0.1, 0.15) is 10.5 Å². The molecule has 0 aliphatic carbocycles. The van der Waals surface area contributed by atoms with Gasteiger partial charge in [-0.15, -0.1) is 0 Å². The van der Waals surface area contributed by atoms with Gasteiger partial charge in [-0.3, -0.25) is 0 Å². The standard InChI is InChI=1S/C14H11ClN2O2/c1-17-12-4-2-3-9(15)8(12)7-13(17)10-5-6-11(16-10)14(18)19/h2-7,16H,1H3,(H,18,19). The van der Waals surface area contributed by atoms with Gasteiger partial charge in [0.25, 0.3) is 0 Å². The first-order valence-corrected chi connectivity index (χ1v) is 6.12. The Morgan fingerprint density at radius 1 is 1.32 bits per heavy atom. The number of rotatable bonds is 2. The van der Waals surface area contributed by atoms with E-state index >= 15 is 0 Å². The number of aromatic carboxylic acids is 1. The van der Waals surface area contributed by atoms with Crippen LogP contribution in [0, 0.1) is 0 Å². The number of fused-ring (bicyclic) bond motifs is 1. The molecule has 0 amide bonds. The quantitative estimate of drug-likeness (QED) is 0.751. The highest BCUT2D eigenvalue weighted by molar-refractivity contribution is 6.35. The molecule has 0 unspecified atom stereocenters. The first kappa shape index (κ1) is 11.9. The van der Waals surface area contributed by atoms with E-state index in [0.717, 1.165) is 22.3 Å². The number of hydrogen-bond donors (Lipinski definition) is 2. The van der Waals surface area contributed by atoms with Crippen molar-refractivity contribution in [3.8, 4) is 11.4 Å². The molecule has 5 heteroatoms. The number of benzene rings is 1. The van der Waals surface area contributed by atoms with Gasteiger partial charge in [-0.2, -0.15) is 0 Å². The van der Waals surface area contributed by atoms with E-state index in [-0.39, 0.29) is 5.69 Å². The van der Waals surface area contributed by atoms with Crippen LogP contribution < -0.4 is 0 Å². The highest BCUT2D eigenvalue weighted by atomic mass is 35.5. The molecule has 0 aliphatic rings. The molecular formula is C14H11ClN2O2. The molecule has 2 heterocycles. The van der Waals surface area contributed by atoms with Gasteiger partial charge in [-0.25, -0.2) is 4.79 Å². The van der Waals surface area contributed by atoms with E-state index in [1.165, 1.54) is 0 Å². The molecule has 0 radical (unpaired) electrons. The number of nitrogens with one attached hydrogen (secondary N) is 1. The lowest BCUT2D eigenvalue weighted by atomic mass is 10.2. The molecule has 19 heavy (non-hydrogen) atoms. The molecule has 4 nitrogen and oxygen atoms in total. The van der Waals surface area contributed by atoms with E-state index in [9.17, 15) is 4.79 Å². The zero-order chi connectivity index (χ0) is 13.6. The van der Waals surface area contributed by atoms with Crippen molar-refractivity contribution in [1.29, 1.82) is 0 Å². The average molecular weight is 275 g/mol. The van der Waals surface area contributed by atoms with Crippen molar-refractivity contribution in [3.05, 3.63) is 47.1 Å². The fraction of sp³-hybridized carbons (Fsp3) is 0.0714. The Balaban J connectivity index is 2.22. The molecule has 0 fully saturated rings. The van der Waals surface area contributed by atoms with Gasteiger partial charge >= 0.3 is 5.97 Å². The number of nitrogens with zero attached hydrogens (tertiary/aromatic N) is 1. The fourth-order valence-corrected chi connectivity index (χ4v) is 2.48. The van der Waals surface area contributed by atoms with Crippen molar-refractivity contribution in [3.63, 3.8) is 0 Å². The number of carboxylic acid groups (broad SMARTS) is 1. The van der Waals surface area contributed by atoms with Gasteiger partial charge in [0.2, 0.25) is 0 Å². The number of aromatic nitrogens is 2. The highest BCUT2D eigenvalue weighted by Crippen LogP contribution is 2.31. The molecule has 2 N–H and O–H groups in total. The van der Waals surface area contributed by atoms with Crippen molar-refractivity contribution in [2.75, 3.05) is 0 Å². The van der Waals surface area contributed by atoms with E-state index in [2.05, 4.69) is 4.98 Å². The third-order valence-electron chi connectivity index (χ3n) is 3.23. The van der Waals surface area contributed by atoms with Gasteiger partial charge in [-0.05, 0) is 30.3 Å². The molecule has 3 rings (SSSR count). The van der Waals surface area contributed by atoms with Crippen LogP contribution in [0.25, 0.3) is 22.3 Å². The van der Waals surface area contributed by atoms with Gasteiger partial charge in [-0.1, -0.05) is 17.7 Å². The number of aromatic amines is 1. The van der Waals surface area contributed by atoms with Gasteiger partial charge in [0.1, 0.15) is 5.69 Å². The summed E-state index contributed by atoms with van der Waals surface area (Å²) in [6.45, 7) is 0. The van der Waals surface area contributed by atoms with Crippen molar-refractivity contribution in [2.24, 2.45) is 7.05 Å². The Morgan fingerprint density at radius 2 is 2.11 bits per heavy atom. The van der Waals surface area contributed by atoms with Crippen LogP contribution in [-0.2, 0) is 7.05 Å². The maximum Gasteiger partial charge on any atom is 0.352 e. The topological polar surface area (TPSA) is 58.0 Å².